The molecule has 1 N–H and O–H groups in total. The number of hydrogen-bond acceptors (Lipinski definition) is 5. The SMILES string of the molecule is CCc1cc2n(CC(=O)Nc3ccc(F)cn3)c3c(c(=O)n2n1)CN(Cc1ccc(F)cc1)C3=O. The summed E-state index contributed by atoms with van der Waals surface area (Å²) in [5.74, 6) is -1.71. The molecule has 9 nitrogen and oxygen atoms in total. The molecule has 178 valence electrons. The summed E-state index contributed by atoms with van der Waals surface area (Å²) in [7, 11) is 0. The van der Waals surface area contributed by atoms with E-state index in [1.807, 2.05) is 6.92 Å². The van der Waals surface area contributed by atoms with Gasteiger partial charge in [0, 0.05) is 12.6 Å². The predicted molar refractivity (Wildman–Crippen MR) is 122 cm³/mol. The number of nitrogens with zero attached hydrogens (tertiary/aromatic N) is 5. The van der Waals surface area contributed by atoms with Crippen LogP contribution in [0.25, 0.3) is 5.65 Å². The number of amides is 2. The van der Waals surface area contributed by atoms with Crippen LogP contribution in [0.5, 0.6) is 0 Å². The zero-order chi connectivity index (χ0) is 24.7. The Balaban J connectivity index is 1.53. The molecule has 0 bridgehead atoms. The summed E-state index contributed by atoms with van der Waals surface area (Å²) in [6, 6.07) is 9.90. The van der Waals surface area contributed by atoms with Crippen LogP contribution in [0.4, 0.5) is 14.6 Å². The largest absolute Gasteiger partial charge is 0.328 e. The lowest BCUT2D eigenvalue weighted by atomic mass is 10.2. The van der Waals surface area contributed by atoms with E-state index in [1.165, 1.54) is 38.2 Å². The fourth-order valence-corrected chi connectivity index (χ4v) is 4.11. The zero-order valence-corrected chi connectivity index (χ0v) is 18.7. The molecule has 2 amide bonds. The average molecular weight is 478 g/mol. The Labute approximate surface area is 197 Å². The first kappa shape index (κ1) is 22.4. The molecule has 0 aliphatic carbocycles. The molecular weight excluding hydrogens is 458 g/mol. The molecule has 0 fully saturated rings. The monoisotopic (exact) mass is 478 g/mol. The summed E-state index contributed by atoms with van der Waals surface area (Å²) in [5.41, 5.74) is 1.55. The third kappa shape index (κ3) is 4.16. The van der Waals surface area contributed by atoms with Gasteiger partial charge in [-0.2, -0.15) is 9.61 Å². The molecule has 0 saturated heterocycles. The second-order valence-corrected chi connectivity index (χ2v) is 8.18. The highest BCUT2D eigenvalue weighted by molar-refractivity contribution is 5.98. The third-order valence-electron chi connectivity index (χ3n) is 5.81. The smallest absolute Gasteiger partial charge is 0.280 e. The fraction of sp³-hybridized carbons (Fsp3) is 0.208. The van der Waals surface area contributed by atoms with Crippen molar-refractivity contribution >= 4 is 23.3 Å². The van der Waals surface area contributed by atoms with Crippen molar-refractivity contribution in [1.29, 1.82) is 0 Å². The first-order valence-corrected chi connectivity index (χ1v) is 10.9. The van der Waals surface area contributed by atoms with Gasteiger partial charge in [0.05, 0.1) is 24.0 Å². The van der Waals surface area contributed by atoms with E-state index in [1.54, 1.807) is 18.2 Å². The van der Waals surface area contributed by atoms with E-state index in [0.717, 1.165) is 6.20 Å². The van der Waals surface area contributed by atoms with Crippen LogP contribution in [-0.2, 0) is 30.8 Å². The Kier molecular flexibility index (Phi) is 5.59. The molecule has 0 saturated carbocycles. The zero-order valence-electron chi connectivity index (χ0n) is 18.7. The first-order chi connectivity index (χ1) is 16.8. The minimum atomic E-state index is -0.541. The number of carbonyl (C=O) groups excluding carboxylic acids is 2. The highest BCUT2D eigenvalue weighted by Crippen LogP contribution is 2.24. The van der Waals surface area contributed by atoms with E-state index in [-0.39, 0.29) is 42.5 Å². The summed E-state index contributed by atoms with van der Waals surface area (Å²) in [6.07, 6.45) is 1.54. The van der Waals surface area contributed by atoms with Gasteiger partial charge in [-0.05, 0) is 36.2 Å². The highest BCUT2D eigenvalue weighted by atomic mass is 19.1. The van der Waals surface area contributed by atoms with Gasteiger partial charge >= 0.3 is 0 Å². The molecule has 1 aliphatic rings. The second-order valence-electron chi connectivity index (χ2n) is 8.18. The molecule has 11 heteroatoms. The lowest BCUT2D eigenvalue weighted by molar-refractivity contribution is -0.116. The Hall–Kier alpha value is -4.41. The van der Waals surface area contributed by atoms with Crippen LogP contribution in [0.15, 0.2) is 53.5 Å². The lowest BCUT2D eigenvalue weighted by Gasteiger charge is -2.16. The maximum atomic E-state index is 13.4. The van der Waals surface area contributed by atoms with Gasteiger partial charge in [-0.25, -0.2) is 13.8 Å². The van der Waals surface area contributed by atoms with Gasteiger partial charge in [-0.1, -0.05) is 19.1 Å². The first-order valence-electron chi connectivity index (χ1n) is 10.9. The van der Waals surface area contributed by atoms with Crippen LogP contribution in [-0.4, -0.2) is 35.9 Å². The molecule has 0 spiro atoms. The second kappa shape index (κ2) is 8.75. The lowest BCUT2D eigenvalue weighted by Crippen LogP contribution is -2.30. The molecule has 1 aliphatic heterocycles. The summed E-state index contributed by atoms with van der Waals surface area (Å²) in [4.78, 5) is 44.8. The number of anilines is 1. The van der Waals surface area contributed by atoms with E-state index in [0.29, 0.717) is 23.3 Å². The molecule has 5 rings (SSSR count). The van der Waals surface area contributed by atoms with Gasteiger partial charge < -0.3 is 14.8 Å². The van der Waals surface area contributed by atoms with Crippen molar-refractivity contribution < 1.29 is 18.4 Å². The van der Waals surface area contributed by atoms with Crippen molar-refractivity contribution in [2.75, 3.05) is 5.32 Å². The number of halogens is 2. The van der Waals surface area contributed by atoms with Gasteiger partial charge in [0.15, 0.2) is 0 Å². The number of aryl methyl sites for hydroxylation is 1. The third-order valence-corrected chi connectivity index (χ3v) is 5.81. The standard InChI is InChI=1S/C24H20F2N6O3/c1-2-17-9-21-31(13-20(33)28-19-8-7-16(26)10-27-19)22-18(23(34)32(21)29-17)12-30(24(22)35)11-14-3-5-15(25)6-4-14/h3-10H,2,11-13H2,1H3,(H,27,28,33). The number of rotatable bonds is 6. The Bertz CT molecular complexity index is 1510. The summed E-state index contributed by atoms with van der Waals surface area (Å²) < 4.78 is 29.1. The van der Waals surface area contributed by atoms with Gasteiger partial charge in [-0.15, -0.1) is 0 Å². The van der Waals surface area contributed by atoms with E-state index < -0.39 is 23.2 Å². The van der Waals surface area contributed by atoms with Crippen molar-refractivity contribution in [2.24, 2.45) is 0 Å². The molecule has 0 radical (unpaired) electrons. The van der Waals surface area contributed by atoms with Crippen LogP contribution in [0.2, 0.25) is 0 Å². The van der Waals surface area contributed by atoms with E-state index >= 15 is 0 Å². The Morgan fingerprint density at radius 1 is 1.09 bits per heavy atom. The van der Waals surface area contributed by atoms with Crippen LogP contribution in [0.1, 0.15) is 34.2 Å². The number of fused-ring (bicyclic) bond motifs is 2. The van der Waals surface area contributed by atoms with E-state index in [9.17, 15) is 23.2 Å². The van der Waals surface area contributed by atoms with Crippen molar-refractivity contribution in [3.63, 3.8) is 0 Å². The average Bonchev–Trinajstić information content (AvgIpc) is 3.42. The number of hydrogen-bond donors (Lipinski definition) is 1. The minimum Gasteiger partial charge on any atom is -0.328 e. The quantitative estimate of drug-likeness (QED) is 0.459. The van der Waals surface area contributed by atoms with Gasteiger partial charge in [0.25, 0.3) is 11.5 Å². The van der Waals surface area contributed by atoms with Crippen LogP contribution in [0, 0.1) is 11.6 Å². The Morgan fingerprint density at radius 2 is 1.83 bits per heavy atom. The van der Waals surface area contributed by atoms with Gasteiger partial charge in [0.2, 0.25) is 5.91 Å². The number of pyridine rings is 1. The maximum Gasteiger partial charge on any atom is 0.280 e. The van der Waals surface area contributed by atoms with Crippen molar-refractivity contribution in [3.05, 3.63) is 93.2 Å². The molecule has 1 aromatic carbocycles. The minimum absolute atomic E-state index is 0.0305. The molecular formula is C24H20F2N6O3. The highest BCUT2D eigenvalue weighted by Gasteiger charge is 2.35. The molecule has 3 aromatic heterocycles. The van der Waals surface area contributed by atoms with Crippen LogP contribution >= 0.6 is 0 Å². The van der Waals surface area contributed by atoms with Crippen LogP contribution < -0.4 is 10.9 Å². The Morgan fingerprint density at radius 3 is 2.51 bits per heavy atom. The summed E-state index contributed by atoms with van der Waals surface area (Å²) in [5, 5.41) is 6.91. The maximum absolute atomic E-state index is 13.4. The normalized spacial score (nSPS) is 12.9. The molecule has 4 heterocycles. The number of carbonyl (C=O) groups is 2. The van der Waals surface area contributed by atoms with Gasteiger partial charge in [0.1, 0.15) is 35.3 Å². The number of nitrogens with one attached hydrogen (secondary N) is 1. The number of aromatic nitrogens is 4. The summed E-state index contributed by atoms with van der Waals surface area (Å²) >= 11 is 0. The predicted octanol–water partition coefficient (Wildman–Crippen LogP) is 2.53. The van der Waals surface area contributed by atoms with Crippen LogP contribution in [0.3, 0.4) is 0 Å². The number of benzene rings is 1. The molecule has 35 heavy (non-hydrogen) atoms. The fourth-order valence-electron chi connectivity index (χ4n) is 4.11. The summed E-state index contributed by atoms with van der Waals surface area (Å²) in [6.45, 7) is 1.78. The molecule has 0 atom stereocenters. The van der Waals surface area contributed by atoms with Crippen molar-refractivity contribution in [1.82, 2.24) is 24.1 Å². The van der Waals surface area contributed by atoms with Crippen molar-refractivity contribution in [3.8, 4) is 0 Å². The molecule has 4 aromatic rings. The van der Waals surface area contributed by atoms with Gasteiger partial charge in [-0.3, -0.25) is 14.4 Å². The topological polar surface area (TPSA) is 102 Å². The van der Waals surface area contributed by atoms with E-state index in [2.05, 4.69) is 15.4 Å². The molecule has 0 unspecified atom stereocenters. The van der Waals surface area contributed by atoms with Crippen molar-refractivity contribution in [2.45, 2.75) is 33.0 Å². The van der Waals surface area contributed by atoms with E-state index in [4.69, 9.17) is 0 Å².